The molecule has 0 aliphatic carbocycles. The Morgan fingerprint density at radius 2 is 2.30 bits per heavy atom. The number of ether oxygens (including phenoxy) is 1. The molecule has 0 spiro atoms. The molecule has 2 rings (SSSR count). The Hall–Kier alpha value is -0.690. The second kappa shape index (κ2) is 7.93. The average Bonchev–Trinajstić information content (AvgIpc) is 2.89. The van der Waals surface area contributed by atoms with Gasteiger partial charge in [0.25, 0.3) is 0 Å². The van der Waals surface area contributed by atoms with Crippen LogP contribution in [-0.4, -0.2) is 62.4 Å². The molecule has 1 aromatic heterocycles. The molecule has 0 saturated carbocycles. The van der Waals surface area contributed by atoms with E-state index in [0.717, 1.165) is 51.0 Å². The summed E-state index contributed by atoms with van der Waals surface area (Å²) in [5.41, 5.74) is 0. The van der Waals surface area contributed by atoms with E-state index < -0.39 is 0 Å². The molecule has 1 N–H and O–H groups in total. The van der Waals surface area contributed by atoms with E-state index in [4.69, 9.17) is 4.74 Å². The van der Waals surface area contributed by atoms with Crippen molar-refractivity contribution in [2.45, 2.75) is 26.5 Å². The van der Waals surface area contributed by atoms with Crippen LogP contribution in [0.25, 0.3) is 0 Å². The predicted octanol–water partition coefficient (Wildman–Crippen LogP) is 1.41. The van der Waals surface area contributed by atoms with E-state index >= 15 is 0 Å². The summed E-state index contributed by atoms with van der Waals surface area (Å²) in [5, 5.41) is 4.61. The second-order valence-corrected chi connectivity index (χ2v) is 6.26. The minimum atomic E-state index is 0.309. The number of anilines is 1. The van der Waals surface area contributed by atoms with Crippen molar-refractivity contribution in [3.8, 4) is 0 Å². The van der Waals surface area contributed by atoms with Crippen LogP contribution < -0.4 is 10.2 Å². The molecule has 6 heteroatoms. The van der Waals surface area contributed by atoms with E-state index in [2.05, 4.69) is 41.0 Å². The number of thiazole rings is 1. The smallest absolute Gasteiger partial charge is 0.185 e. The Labute approximate surface area is 125 Å². The van der Waals surface area contributed by atoms with E-state index in [1.165, 1.54) is 4.88 Å². The molecule has 0 unspecified atom stereocenters. The molecule has 1 aliphatic rings. The summed E-state index contributed by atoms with van der Waals surface area (Å²) in [6, 6.07) is 0. The van der Waals surface area contributed by atoms with Gasteiger partial charge in [-0.1, -0.05) is 0 Å². The molecule has 5 nitrogen and oxygen atoms in total. The molecule has 20 heavy (non-hydrogen) atoms. The summed E-state index contributed by atoms with van der Waals surface area (Å²) >= 11 is 1.78. The van der Waals surface area contributed by atoms with Crippen LogP contribution in [-0.2, 0) is 11.3 Å². The number of likely N-dealkylation sites (N-methyl/N-ethyl adjacent to an activating group) is 1. The van der Waals surface area contributed by atoms with Crippen molar-refractivity contribution in [2.75, 3.05) is 51.3 Å². The van der Waals surface area contributed by atoms with Crippen molar-refractivity contribution in [1.29, 1.82) is 0 Å². The van der Waals surface area contributed by atoms with Gasteiger partial charge in [0.1, 0.15) is 0 Å². The van der Waals surface area contributed by atoms with Gasteiger partial charge in [-0.05, 0) is 20.9 Å². The Bertz CT molecular complexity index is 394. The van der Waals surface area contributed by atoms with E-state index in [0.29, 0.717) is 6.10 Å². The summed E-state index contributed by atoms with van der Waals surface area (Å²) in [6.45, 7) is 11.0. The van der Waals surface area contributed by atoms with Crippen LogP contribution in [0.3, 0.4) is 0 Å². The summed E-state index contributed by atoms with van der Waals surface area (Å²) in [5.74, 6) is 0. The lowest BCUT2D eigenvalue weighted by Crippen LogP contribution is -2.44. The SMILES string of the molecule is CCN(CC)c1ncc(CNC[C@@H]2CN(C)CCO2)s1. The maximum atomic E-state index is 5.74. The Morgan fingerprint density at radius 1 is 1.50 bits per heavy atom. The number of aromatic nitrogens is 1. The minimum absolute atomic E-state index is 0.309. The van der Waals surface area contributed by atoms with Gasteiger partial charge < -0.3 is 19.9 Å². The normalized spacial score (nSPS) is 20.2. The monoisotopic (exact) mass is 298 g/mol. The van der Waals surface area contributed by atoms with Gasteiger partial charge in [0.2, 0.25) is 0 Å². The molecule has 114 valence electrons. The molecule has 1 aliphatic heterocycles. The molecule has 1 saturated heterocycles. The standard InChI is InChI=1S/C14H26N4OS/c1-4-18(5-2)14-16-10-13(20-14)9-15-8-12-11-17(3)6-7-19-12/h10,12,15H,4-9,11H2,1-3H3/t12-/m1/s1. The molecule has 0 aromatic carbocycles. The lowest BCUT2D eigenvalue weighted by atomic mass is 10.3. The van der Waals surface area contributed by atoms with Crippen molar-refractivity contribution < 1.29 is 4.74 Å². The number of nitrogens with one attached hydrogen (secondary N) is 1. The molecule has 0 radical (unpaired) electrons. The third-order valence-electron chi connectivity index (χ3n) is 3.59. The van der Waals surface area contributed by atoms with Crippen LogP contribution in [0.1, 0.15) is 18.7 Å². The highest BCUT2D eigenvalue weighted by atomic mass is 32.1. The van der Waals surface area contributed by atoms with Crippen LogP contribution in [0.5, 0.6) is 0 Å². The van der Waals surface area contributed by atoms with Crippen molar-refractivity contribution in [1.82, 2.24) is 15.2 Å². The third-order valence-corrected chi connectivity index (χ3v) is 4.65. The largest absolute Gasteiger partial charge is 0.374 e. The van der Waals surface area contributed by atoms with Gasteiger partial charge >= 0.3 is 0 Å². The maximum Gasteiger partial charge on any atom is 0.185 e. The van der Waals surface area contributed by atoms with Crippen LogP contribution in [0.15, 0.2) is 6.20 Å². The lowest BCUT2D eigenvalue weighted by molar-refractivity contribution is -0.0181. The van der Waals surface area contributed by atoms with Crippen LogP contribution in [0, 0.1) is 0 Å². The highest BCUT2D eigenvalue weighted by Crippen LogP contribution is 2.21. The van der Waals surface area contributed by atoms with Crippen LogP contribution in [0.2, 0.25) is 0 Å². The first kappa shape index (κ1) is 15.7. The molecule has 0 amide bonds. The first-order valence-electron chi connectivity index (χ1n) is 7.43. The van der Waals surface area contributed by atoms with E-state index in [1.54, 1.807) is 11.3 Å². The maximum absolute atomic E-state index is 5.74. The fourth-order valence-electron chi connectivity index (χ4n) is 2.37. The molecular formula is C14H26N4OS. The molecular weight excluding hydrogens is 272 g/mol. The van der Waals surface area contributed by atoms with Crippen LogP contribution in [0.4, 0.5) is 5.13 Å². The quantitative estimate of drug-likeness (QED) is 0.824. The summed E-state index contributed by atoms with van der Waals surface area (Å²) in [4.78, 5) is 10.4. The Balaban J connectivity index is 1.74. The highest BCUT2D eigenvalue weighted by molar-refractivity contribution is 7.15. The van der Waals surface area contributed by atoms with Gasteiger partial charge in [-0.25, -0.2) is 4.98 Å². The fraction of sp³-hybridized carbons (Fsp3) is 0.786. The molecule has 1 atom stereocenters. The van der Waals surface area contributed by atoms with Gasteiger partial charge in [-0.3, -0.25) is 0 Å². The van der Waals surface area contributed by atoms with Gasteiger partial charge in [0, 0.05) is 50.3 Å². The summed E-state index contributed by atoms with van der Waals surface area (Å²) in [6.07, 6.45) is 2.29. The van der Waals surface area contributed by atoms with Gasteiger partial charge in [0.05, 0.1) is 12.7 Å². The Kier molecular flexibility index (Phi) is 6.22. The number of rotatable bonds is 7. The van der Waals surface area contributed by atoms with Crippen molar-refractivity contribution in [2.24, 2.45) is 0 Å². The molecule has 1 aromatic rings. The van der Waals surface area contributed by atoms with E-state index in [1.807, 2.05) is 6.20 Å². The first-order valence-corrected chi connectivity index (χ1v) is 8.25. The third kappa shape index (κ3) is 4.41. The summed E-state index contributed by atoms with van der Waals surface area (Å²) < 4.78 is 5.74. The zero-order chi connectivity index (χ0) is 14.4. The first-order chi connectivity index (χ1) is 9.72. The Morgan fingerprint density at radius 3 is 3.00 bits per heavy atom. The second-order valence-electron chi connectivity index (χ2n) is 5.17. The van der Waals surface area contributed by atoms with Gasteiger partial charge in [-0.2, -0.15) is 0 Å². The van der Waals surface area contributed by atoms with Crippen molar-refractivity contribution in [3.63, 3.8) is 0 Å². The number of hydrogen-bond donors (Lipinski definition) is 1. The lowest BCUT2D eigenvalue weighted by Gasteiger charge is -2.30. The topological polar surface area (TPSA) is 40.6 Å². The molecule has 0 bridgehead atoms. The zero-order valence-electron chi connectivity index (χ0n) is 12.8. The average molecular weight is 298 g/mol. The molecule has 1 fully saturated rings. The highest BCUT2D eigenvalue weighted by Gasteiger charge is 2.17. The summed E-state index contributed by atoms with van der Waals surface area (Å²) in [7, 11) is 2.15. The van der Waals surface area contributed by atoms with Crippen molar-refractivity contribution >= 4 is 16.5 Å². The fourth-order valence-corrected chi connectivity index (χ4v) is 3.37. The van der Waals surface area contributed by atoms with Crippen molar-refractivity contribution in [3.05, 3.63) is 11.1 Å². The minimum Gasteiger partial charge on any atom is -0.374 e. The van der Waals surface area contributed by atoms with E-state index in [-0.39, 0.29) is 0 Å². The van der Waals surface area contributed by atoms with Crippen LogP contribution >= 0.6 is 11.3 Å². The van der Waals surface area contributed by atoms with Gasteiger partial charge in [-0.15, -0.1) is 11.3 Å². The number of morpholine rings is 1. The predicted molar refractivity (Wildman–Crippen MR) is 84.6 cm³/mol. The molecule has 2 heterocycles. The van der Waals surface area contributed by atoms with E-state index in [9.17, 15) is 0 Å². The van der Waals surface area contributed by atoms with Gasteiger partial charge in [0.15, 0.2) is 5.13 Å². The zero-order valence-corrected chi connectivity index (χ0v) is 13.6. The number of nitrogens with zero attached hydrogens (tertiary/aromatic N) is 3. The number of hydrogen-bond acceptors (Lipinski definition) is 6.